The van der Waals surface area contributed by atoms with E-state index in [9.17, 15) is 39.6 Å². The molecule has 0 radical (unpaired) electrons. The van der Waals surface area contributed by atoms with E-state index in [0.29, 0.717) is 0 Å². The second-order valence-electron chi connectivity index (χ2n) is 4.42. The van der Waals surface area contributed by atoms with Gasteiger partial charge in [-0.15, -0.1) is 0 Å². The molecule has 0 aromatic heterocycles. The summed E-state index contributed by atoms with van der Waals surface area (Å²) in [4.78, 5) is 11.8. The normalized spacial score (nSPS) is 13.7. The number of halogens is 7. The average molecular weight is 492 g/mol. The Morgan fingerprint density at radius 3 is 1.92 bits per heavy atom. The molecule has 0 amide bonds. The van der Waals surface area contributed by atoms with Gasteiger partial charge in [0.05, 0.1) is 5.56 Å². The lowest BCUT2D eigenvalue weighted by molar-refractivity contribution is -0.356. The Kier molecular flexibility index (Phi) is 5.82. The Morgan fingerprint density at radius 2 is 1.54 bits per heavy atom. The maximum atomic E-state index is 13.0. The molecule has 13 heteroatoms. The summed E-state index contributed by atoms with van der Waals surface area (Å²) in [6, 6.07) is 4.62. The molecule has 0 aliphatic carbocycles. The fourth-order valence-corrected chi connectivity index (χ4v) is 3.07. The van der Waals surface area contributed by atoms with Crippen LogP contribution >= 0.6 is 22.6 Å². The molecule has 0 aliphatic rings. The quantitative estimate of drug-likeness (QED) is 0.303. The molecule has 0 saturated carbocycles. The summed E-state index contributed by atoms with van der Waals surface area (Å²) in [5.74, 6) is -4.96. The number of benzene rings is 1. The lowest BCUT2D eigenvalue weighted by atomic mass is 10.1. The summed E-state index contributed by atoms with van der Waals surface area (Å²) in [6.07, 6.45) is -12.7. The van der Waals surface area contributed by atoms with E-state index in [-0.39, 0.29) is 3.57 Å². The van der Waals surface area contributed by atoms with E-state index in [0.717, 1.165) is 12.1 Å². The first-order chi connectivity index (χ1) is 10.6. The van der Waals surface area contributed by atoms with Gasteiger partial charge >= 0.3 is 23.9 Å². The molecule has 0 aliphatic heterocycles. The lowest BCUT2D eigenvalue weighted by Gasteiger charge is -2.35. The summed E-state index contributed by atoms with van der Waals surface area (Å²) in [5, 5.41) is 0. The molecule has 1 rings (SSSR count). The van der Waals surface area contributed by atoms with Gasteiger partial charge in [-0.3, -0.25) is 4.55 Å². The predicted molar refractivity (Wildman–Crippen MR) is 75.8 cm³/mol. The minimum atomic E-state index is -6.35. The smallest absolute Gasteiger partial charge is 0.435 e. The van der Waals surface area contributed by atoms with Gasteiger partial charge in [0.2, 0.25) is 0 Å². The van der Waals surface area contributed by atoms with Gasteiger partial charge < -0.3 is 4.74 Å². The minimum Gasteiger partial charge on any atom is -0.435 e. The first kappa shape index (κ1) is 21.0. The molecule has 0 heterocycles. The monoisotopic (exact) mass is 492 g/mol. The predicted octanol–water partition coefficient (Wildman–Crippen LogP) is 3.20. The van der Waals surface area contributed by atoms with Gasteiger partial charge in [0.1, 0.15) is 5.75 Å². The molecular weight excluding hydrogens is 485 g/mol. The van der Waals surface area contributed by atoms with Crippen molar-refractivity contribution in [1.82, 2.24) is 0 Å². The second kappa shape index (κ2) is 6.67. The largest absolute Gasteiger partial charge is 0.438 e. The van der Waals surface area contributed by atoms with Crippen molar-refractivity contribution in [1.29, 1.82) is 0 Å². The maximum absolute atomic E-state index is 13.0. The van der Waals surface area contributed by atoms with Crippen LogP contribution in [-0.4, -0.2) is 42.6 Å². The lowest BCUT2D eigenvalue weighted by Crippen LogP contribution is -2.63. The number of carbonyl (C=O) groups excluding carboxylic acids is 1. The molecule has 0 fully saturated rings. The zero-order valence-electron chi connectivity index (χ0n) is 11.2. The van der Waals surface area contributed by atoms with Gasteiger partial charge in [-0.1, -0.05) is 12.1 Å². The van der Waals surface area contributed by atoms with E-state index in [4.69, 9.17) is 4.55 Å². The van der Waals surface area contributed by atoms with E-state index >= 15 is 0 Å². The van der Waals surface area contributed by atoms with Crippen LogP contribution in [0.3, 0.4) is 0 Å². The molecule has 0 unspecified atom stereocenters. The molecule has 1 N–H and O–H groups in total. The Morgan fingerprint density at radius 1 is 1.08 bits per heavy atom. The molecule has 24 heavy (non-hydrogen) atoms. The van der Waals surface area contributed by atoms with Crippen molar-refractivity contribution in [3.8, 4) is 0 Å². The van der Waals surface area contributed by atoms with Gasteiger partial charge in [0.25, 0.3) is 10.1 Å². The highest BCUT2D eigenvalue weighted by Gasteiger charge is 2.76. The molecule has 1 aromatic carbocycles. The Bertz CT molecular complexity index is 713. The van der Waals surface area contributed by atoms with E-state index in [1.807, 2.05) is 0 Å². The molecule has 0 bridgehead atoms. The van der Waals surface area contributed by atoms with Crippen LogP contribution < -0.4 is 0 Å². The van der Waals surface area contributed by atoms with Crippen LogP contribution in [0.5, 0.6) is 0 Å². The summed E-state index contributed by atoms with van der Waals surface area (Å²) < 4.78 is 111. The number of carbonyl (C=O) groups is 1. The van der Waals surface area contributed by atoms with Crippen LogP contribution in [-0.2, 0) is 14.9 Å². The van der Waals surface area contributed by atoms with E-state index < -0.39 is 45.4 Å². The van der Waals surface area contributed by atoms with Crippen molar-refractivity contribution >= 4 is 38.7 Å². The third kappa shape index (κ3) is 4.50. The summed E-state index contributed by atoms with van der Waals surface area (Å²) in [7, 11) is -5.81. The maximum Gasteiger partial charge on any atom is 0.438 e. The summed E-state index contributed by atoms with van der Waals surface area (Å²) in [5.41, 5.74) is -6.05. The topological polar surface area (TPSA) is 80.7 Å². The van der Waals surface area contributed by atoms with Crippen molar-refractivity contribution in [2.45, 2.75) is 18.0 Å². The zero-order chi connectivity index (χ0) is 19.0. The van der Waals surface area contributed by atoms with Crippen molar-refractivity contribution in [2.75, 3.05) is 5.75 Å². The van der Waals surface area contributed by atoms with Crippen LogP contribution in [0.4, 0.5) is 26.3 Å². The number of rotatable bonds is 4. The highest BCUT2D eigenvalue weighted by molar-refractivity contribution is 14.1. The SMILES string of the molecule is O=C(OC(CS(=O)(=O)O)(C(F)(F)F)C(F)(F)F)c1ccccc1I. The third-order valence-electron chi connectivity index (χ3n) is 2.66. The molecule has 0 spiro atoms. The fraction of sp³-hybridized carbons (Fsp3) is 0.364. The molecule has 5 nitrogen and oxygen atoms in total. The van der Waals surface area contributed by atoms with E-state index in [2.05, 4.69) is 4.74 Å². The standard InChI is InChI=1S/C11H7F6IO5S/c12-10(13,14)9(11(15,16)17,5-24(20,21)22)23-8(19)6-3-1-2-4-7(6)18/h1-4H,5H2,(H,20,21,22). The van der Waals surface area contributed by atoms with Gasteiger partial charge in [-0.05, 0) is 34.7 Å². The van der Waals surface area contributed by atoms with Crippen molar-refractivity contribution in [3.63, 3.8) is 0 Å². The zero-order valence-corrected chi connectivity index (χ0v) is 14.1. The summed E-state index contributed by atoms with van der Waals surface area (Å²) >= 11 is 1.47. The summed E-state index contributed by atoms with van der Waals surface area (Å²) in [6.45, 7) is 0. The molecule has 0 atom stereocenters. The Labute approximate surface area is 144 Å². The molecule has 1 aromatic rings. The highest BCUT2D eigenvalue weighted by atomic mass is 127. The average Bonchev–Trinajstić information content (AvgIpc) is 2.33. The Balaban J connectivity index is 3.48. The first-order valence-electron chi connectivity index (χ1n) is 5.67. The van der Waals surface area contributed by atoms with Crippen LogP contribution in [0.2, 0.25) is 0 Å². The number of hydrogen-bond acceptors (Lipinski definition) is 4. The minimum absolute atomic E-state index is 0.0230. The number of esters is 1. The first-order valence-corrected chi connectivity index (χ1v) is 8.36. The number of alkyl halides is 6. The molecular formula is C11H7F6IO5S. The fourth-order valence-electron chi connectivity index (χ4n) is 1.57. The van der Waals surface area contributed by atoms with Crippen LogP contribution in [0.25, 0.3) is 0 Å². The van der Waals surface area contributed by atoms with E-state index in [1.165, 1.54) is 34.7 Å². The molecule has 0 saturated heterocycles. The van der Waals surface area contributed by atoms with Gasteiger partial charge in [-0.25, -0.2) is 4.79 Å². The van der Waals surface area contributed by atoms with Crippen LogP contribution in [0.1, 0.15) is 10.4 Å². The van der Waals surface area contributed by atoms with Gasteiger partial charge in [0.15, 0.2) is 0 Å². The number of ether oxygens (including phenoxy) is 1. The van der Waals surface area contributed by atoms with Crippen molar-refractivity contribution in [2.24, 2.45) is 0 Å². The third-order valence-corrected chi connectivity index (χ3v) is 4.37. The van der Waals surface area contributed by atoms with Crippen LogP contribution in [0.15, 0.2) is 24.3 Å². The second-order valence-corrected chi connectivity index (χ2v) is 7.03. The van der Waals surface area contributed by atoms with Gasteiger partial charge in [-0.2, -0.15) is 34.8 Å². The molecule has 136 valence electrons. The van der Waals surface area contributed by atoms with Gasteiger partial charge in [0, 0.05) is 3.57 Å². The van der Waals surface area contributed by atoms with Crippen molar-refractivity contribution < 1.29 is 48.8 Å². The van der Waals surface area contributed by atoms with Crippen LogP contribution in [0, 0.1) is 3.57 Å². The van der Waals surface area contributed by atoms with E-state index in [1.54, 1.807) is 0 Å². The van der Waals surface area contributed by atoms with Crippen molar-refractivity contribution in [3.05, 3.63) is 33.4 Å². The number of hydrogen-bond donors (Lipinski definition) is 1. The highest BCUT2D eigenvalue weighted by Crippen LogP contribution is 2.47. The Hall–Kier alpha value is -1.09.